The molecule has 0 N–H and O–H groups in total. The summed E-state index contributed by atoms with van der Waals surface area (Å²) in [6.07, 6.45) is 3.78. The van der Waals surface area contributed by atoms with Crippen molar-refractivity contribution in [2.24, 2.45) is 5.92 Å². The first-order chi connectivity index (χ1) is 14.0. The van der Waals surface area contributed by atoms with Gasteiger partial charge < -0.3 is 9.80 Å². The Hall–Kier alpha value is -1.27. The molecule has 0 amide bonds. The molecule has 0 aliphatic carbocycles. The van der Waals surface area contributed by atoms with Crippen molar-refractivity contribution < 1.29 is 13.2 Å². The van der Waals surface area contributed by atoms with Crippen LogP contribution in [-0.4, -0.2) is 55.6 Å². The van der Waals surface area contributed by atoms with Gasteiger partial charge in [-0.3, -0.25) is 4.90 Å². The molecule has 0 spiro atoms. The van der Waals surface area contributed by atoms with Crippen LogP contribution in [0.1, 0.15) is 56.1 Å². The highest BCUT2D eigenvalue weighted by Crippen LogP contribution is 2.39. The van der Waals surface area contributed by atoms with Gasteiger partial charge in [0.05, 0.1) is 5.56 Å². The molecule has 162 valence electrons. The fraction of sp³-hybridized carbons (Fsp3) is 0.739. The van der Waals surface area contributed by atoms with E-state index in [4.69, 9.17) is 0 Å². The predicted molar refractivity (Wildman–Crippen MR) is 111 cm³/mol. The van der Waals surface area contributed by atoms with Crippen molar-refractivity contribution in [3.05, 3.63) is 29.3 Å². The molecule has 3 heterocycles. The summed E-state index contributed by atoms with van der Waals surface area (Å²) in [6, 6.07) is 5.04. The van der Waals surface area contributed by atoms with Gasteiger partial charge in [-0.25, -0.2) is 0 Å². The third-order valence-electron chi connectivity index (χ3n) is 6.89. The average Bonchev–Trinajstić information content (AvgIpc) is 3.22. The van der Waals surface area contributed by atoms with Gasteiger partial charge in [0.25, 0.3) is 0 Å². The van der Waals surface area contributed by atoms with Crippen LogP contribution in [0.4, 0.5) is 18.9 Å². The van der Waals surface area contributed by atoms with Crippen LogP contribution in [-0.2, 0) is 12.7 Å². The first-order valence-electron chi connectivity index (χ1n) is 11.4. The summed E-state index contributed by atoms with van der Waals surface area (Å²) in [5.41, 5.74) is 0.705. The molecule has 3 aliphatic heterocycles. The van der Waals surface area contributed by atoms with Crippen LogP contribution in [0, 0.1) is 5.92 Å². The van der Waals surface area contributed by atoms with E-state index in [9.17, 15) is 13.2 Å². The van der Waals surface area contributed by atoms with E-state index in [-0.39, 0.29) is 0 Å². The standard InChI is InChI=1S/C23H34F3N3/c24-23(25,26)21-16-20(18-28-10-2-1-3-11-28)6-7-22(21)29-14-8-19(9-15-29)17-27-12-4-5-13-27/h6-7,16,19H,1-5,8-15,17-18H2. The van der Waals surface area contributed by atoms with Gasteiger partial charge in [-0.1, -0.05) is 12.5 Å². The Balaban J connectivity index is 1.42. The van der Waals surface area contributed by atoms with E-state index in [0.29, 0.717) is 18.2 Å². The molecule has 0 atom stereocenters. The topological polar surface area (TPSA) is 9.72 Å². The smallest absolute Gasteiger partial charge is 0.371 e. The van der Waals surface area contributed by atoms with Crippen molar-refractivity contribution in [1.82, 2.24) is 9.80 Å². The zero-order valence-electron chi connectivity index (χ0n) is 17.4. The molecule has 6 heteroatoms. The number of halogens is 3. The Morgan fingerprint density at radius 3 is 2.07 bits per heavy atom. The number of likely N-dealkylation sites (tertiary alicyclic amines) is 2. The number of piperidine rings is 2. The second-order valence-electron chi connectivity index (χ2n) is 9.12. The van der Waals surface area contributed by atoms with Crippen LogP contribution >= 0.6 is 0 Å². The second kappa shape index (κ2) is 9.25. The fourth-order valence-electron chi connectivity index (χ4n) is 5.25. The highest BCUT2D eigenvalue weighted by Gasteiger charge is 2.36. The van der Waals surface area contributed by atoms with E-state index in [0.717, 1.165) is 64.0 Å². The molecule has 1 aromatic rings. The van der Waals surface area contributed by atoms with Crippen molar-refractivity contribution in [2.45, 2.75) is 57.7 Å². The Bertz CT molecular complexity index is 656. The van der Waals surface area contributed by atoms with Crippen molar-refractivity contribution in [3.8, 4) is 0 Å². The normalized spacial score (nSPS) is 23.1. The molecule has 29 heavy (non-hydrogen) atoms. The SMILES string of the molecule is FC(F)(F)c1cc(CN2CCCCC2)ccc1N1CCC(CN2CCCC2)CC1. The summed E-state index contributed by atoms with van der Waals surface area (Å²) < 4.78 is 41.6. The van der Waals surface area contributed by atoms with Gasteiger partial charge in [-0.15, -0.1) is 0 Å². The van der Waals surface area contributed by atoms with Crippen LogP contribution < -0.4 is 4.90 Å². The Kier molecular flexibility index (Phi) is 6.69. The molecule has 0 saturated carbocycles. The average molecular weight is 410 g/mol. The first-order valence-corrected chi connectivity index (χ1v) is 11.4. The van der Waals surface area contributed by atoms with Gasteiger partial charge in [0.1, 0.15) is 0 Å². The molecular weight excluding hydrogens is 375 g/mol. The molecule has 3 fully saturated rings. The summed E-state index contributed by atoms with van der Waals surface area (Å²) in [7, 11) is 0. The first kappa shape index (κ1) is 21.0. The highest BCUT2D eigenvalue weighted by molar-refractivity contribution is 5.56. The number of hydrogen-bond donors (Lipinski definition) is 0. The monoisotopic (exact) mass is 409 g/mol. The van der Waals surface area contributed by atoms with Gasteiger partial charge in [0.15, 0.2) is 0 Å². The lowest BCUT2D eigenvalue weighted by molar-refractivity contribution is -0.137. The number of nitrogens with zero attached hydrogens (tertiary/aromatic N) is 3. The second-order valence-corrected chi connectivity index (χ2v) is 9.12. The quantitative estimate of drug-likeness (QED) is 0.677. The molecule has 3 saturated heterocycles. The van der Waals surface area contributed by atoms with Crippen LogP contribution in [0.25, 0.3) is 0 Å². The summed E-state index contributed by atoms with van der Waals surface area (Å²) in [5.74, 6) is 0.622. The zero-order valence-corrected chi connectivity index (χ0v) is 17.4. The number of benzene rings is 1. The van der Waals surface area contributed by atoms with Crippen molar-refractivity contribution >= 4 is 5.69 Å². The minimum absolute atomic E-state index is 0.375. The van der Waals surface area contributed by atoms with Gasteiger partial charge in [0, 0.05) is 31.9 Å². The van der Waals surface area contributed by atoms with Crippen molar-refractivity contribution in [1.29, 1.82) is 0 Å². The number of rotatable bonds is 5. The minimum atomic E-state index is -4.31. The molecule has 0 aromatic heterocycles. The molecule has 3 aliphatic rings. The number of anilines is 1. The van der Waals surface area contributed by atoms with E-state index in [1.165, 1.54) is 38.4 Å². The third-order valence-corrected chi connectivity index (χ3v) is 6.89. The third kappa shape index (κ3) is 5.46. The molecule has 0 bridgehead atoms. The van der Waals surface area contributed by atoms with Crippen LogP contribution in [0.3, 0.4) is 0 Å². The van der Waals surface area contributed by atoms with Gasteiger partial charge >= 0.3 is 6.18 Å². The lowest BCUT2D eigenvalue weighted by Gasteiger charge is -2.36. The van der Waals surface area contributed by atoms with Gasteiger partial charge in [-0.05, 0) is 88.3 Å². The predicted octanol–water partition coefficient (Wildman–Crippen LogP) is 5.00. The van der Waals surface area contributed by atoms with E-state index in [1.54, 1.807) is 6.07 Å². The van der Waals surface area contributed by atoms with Crippen molar-refractivity contribution in [2.75, 3.05) is 50.7 Å². The fourth-order valence-corrected chi connectivity index (χ4v) is 5.25. The summed E-state index contributed by atoms with van der Waals surface area (Å²) >= 11 is 0. The Labute approximate surface area is 172 Å². The molecule has 1 aromatic carbocycles. The van der Waals surface area contributed by atoms with E-state index in [1.807, 2.05) is 11.0 Å². The maximum absolute atomic E-state index is 13.9. The largest absolute Gasteiger partial charge is 0.418 e. The summed E-state index contributed by atoms with van der Waals surface area (Å²) in [5, 5.41) is 0. The number of alkyl halides is 3. The highest BCUT2D eigenvalue weighted by atomic mass is 19.4. The van der Waals surface area contributed by atoms with Crippen LogP contribution in [0.2, 0.25) is 0 Å². The Morgan fingerprint density at radius 1 is 0.793 bits per heavy atom. The molecule has 0 radical (unpaired) electrons. The summed E-state index contributed by atoms with van der Waals surface area (Å²) in [6.45, 7) is 7.57. The lowest BCUT2D eigenvalue weighted by atomic mass is 9.95. The van der Waals surface area contributed by atoms with Gasteiger partial charge in [0.2, 0.25) is 0 Å². The zero-order chi connectivity index (χ0) is 20.3. The maximum atomic E-state index is 13.9. The molecular formula is C23H34F3N3. The number of hydrogen-bond acceptors (Lipinski definition) is 3. The van der Waals surface area contributed by atoms with E-state index in [2.05, 4.69) is 9.80 Å². The van der Waals surface area contributed by atoms with E-state index >= 15 is 0 Å². The van der Waals surface area contributed by atoms with Gasteiger partial charge in [-0.2, -0.15) is 13.2 Å². The van der Waals surface area contributed by atoms with Crippen LogP contribution in [0.5, 0.6) is 0 Å². The lowest BCUT2D eigenvalue weighted by Crippen LogP contribution is -2.39. The van der Waals surface area contributed by atoms with E-state index < -0.39 is 11.7 Å². The minimum Gasteiger partial charge on any atom is -0.371 e. The van der Waals surface area contributed by atoms with Crippen LogP contribution in [0.15, 0.2) is 18.2 Å². The van der Waals surface area contributed by atoms with Crippen molar-refractivity contribution in [3.63, 3.8) is 0 Å². The Morgan fingerprint density at radius 2 is 1.41 bits per heavy atom. The molecule has 0 unspecified atom stereocenters. The molecule has 4 rings (SSSR count). The summed E-state index contributed by atoms with van der Waals surface area (Å²) in [4.78, 5) is 6.77. The molecule has 3 nitrogen and oxygen atoms in total. The maximum Gasteiger partial charge on any atom is 0.418 e.